The van der Waals surface area contributed by atoms with Crippen LogP contribution in [-0.2, 0) is 14.3 Å². The van der Waals surface area contributed by atoms with Crippen molar-refractivity contribution < 1.29 is 18.7 Å². The third kappa shape index (κ3) is 5.57. The lowest BCUT2D eigenvalue weighted by molar-refractivity contribution is -0.143. The number of carbonyl (C=O) groups excluding carboxylic acids is 2. The van der Waals surface area contributed by atoms with Gasteiger partial charge in [-0.3, -0.25) is 4.79 Å². The second kappa shape index (κ2) is 10.5. The fourth-order valence-electron chi connectivity index (χ4n) is 3.31. The van der Waals surface area contributed by atoms with Crippen LogP contribution in [0.1, 0.15) is 25.3 Å². The molecule has 4 aromatic rings. The Kier molecular flexibility index (Phi) is 6.99. The van der Waals surface area contributed by atoms with Gasteiger partial charge in [-0.1, -0.05) is 49.7 Å². The molecule has 0 saturated heterocycles. The second-order valence-corrected chi connectivity index (χ2v) is 7.51. The van der Waals surface area contributed by atoms with Crippen LogP contribution in [0, 0.1) is 0 Å². The van der Waals surface area contributed by atoms with Crippen molar-refractivity contribution in [1.29, 1.82) is 0 Å². The van der Waals surface area contributed by atoms with E-state index in [1.54, 1.807) is 10.8 Å². The molecule has 0 unspecified atom stereocenters. The molecular weight excluding hydrogens is 418 g/mol. The lowest BCUT2D eigenvalue weighted by Gasteiger charge is -2.04. The number of benzene rings is 2. The normalized spacial score (nSPS) is 11.2. The van der Waals surface area contributed by atoms with Crippen molar-refractivity contribution >= 4 is 28.9 Å². The van der Waals surface area contributed by atoms with E-state index in [4.69, 9.17) is 14.3 Å². The maximum Gasteiger partial charge on any atom is 0.331 e. The Bertz CT molecular complexity index is 1240. The Labute approximate surface area is 191 Å². The van der Waals surface area contributed by atoms with E-state index in [0.717, 1.165) is 29.5 Å². The Morgan fingerprint density at radius 2 is 1.91 bits per heavy atom. The maximum atomic E-state index is 12.2. The zero-order chi connectivity index (χ0) is 23.0. The number of hydrogen-bond donors (Lipinski definition) is 1. The Morgan fingerprint density at radius 1 is 1.12 bits per heavy atom. The molecule has 0 bridgehead atoms. The van der Waals surface area contributed by atoms with Gasteiger partial charge < -0.3 is 14.5 Å². The second-order valence-electron chi connectivity index (χ2n) is 7.51. The van der Waals surface area contributed by atoms with Crippen molar-refractivity contribution in [2.75, 3.05) is 13.2 Å². The number of para-hydroxylation sites is 2. The zero-order valence-electron chi connectivity index (χ0n) is 18.4. The van der Waals surface area contributed by atoms with Crippen LogP contribution in [0.4, 0.5) is 0 Å². The van der Waals surface area contributed by atoms with Crippen molar-refractivity contribution in [3.05, 3.63) is 78.5 Å². The molecule has 0 radical (unpaired) electrons. The summed E-state index contributed by atoms with van der Waals surface area (Å²) in [5.74, 6) is -0.331. The Hall–Kier alpha value is -4.13. The molecule has 0 spiro atoms. The summed E-state index contributed by atoms with van der Waals surface area (Å²) < 4.78 is 12.8. The molecule has 0 aliphatic rings. The van der Waals surface area contributed by atoms with Gasteiger partial charge in [-0.05, 0) is 36.8 Å². The molecule has 0 atom stereocenters. The number of amides is 1. The molecule has 33 heavy (non-hydrogen) atoms. The SMILES string of the molecule is CCCCNC(=O)COC(=O)C=Cc1cn(-c2ccccc2)nc1-c1cc2ccccc2o1. The molecule has 0 saturated carbocycles. The lowest BCUT2D eigenvalue weighted by Crippen LogP contribution is -2.29. The number of nitrogens with one attached hydrogen (secondary N) is 1. The molecule has 0 aliphatic heterocycles. The fraction of sp³-hybridized carbons (Fsp3) is 0.192. The van der Waals surface area contributed by atoms with Gasteiger partial charge >= 0.3 is 5.97 Å². The van der Waals surface area contributed by atoms with Crippen molar-refractivity contribution in [2.45, 2.75) is 19.8 Å². The monoisotopic (exact) mass is 443 g/mol. The van der Waals surface area contributed by atoms with E-state index in [1.807, 2.05) is 73.8 Å². The van der Waals surface area contributed by atoms with Crippen molar-refractivity contribution in [2.24, 2.45) is 0 Å². The van der Waals surface area contributed by atoms with Gasteiger partial charge in [-0.2, -0.15) is 5.10 Å². The first-order valence-electron chi connectivity index (χ1n) is 10.9. The molecule has 2 aromatic heterocycles. The van der Waals surface area contributed by atoms with Crippen molar-refractivity contribution in [1.82, 2.24) is 15.1 Å². The van der Waals surface area contributed by atoms with Crippen LogP contribution < -0.4 is 5.32 Å². The summed E-state index contributed by atoms with van der Waals surface area (Å²) >= 11 is 0. The lowest BCUT2D eigenvalue weighted by atomic mass is 10.2. The molecule has 7 heteroatoms. The van der Waals surface area contributed by atoms with Crippen LogP contribution in [-0.4, -0.2) is 34.8 Å². The summed E-state index contributed by atoms with van der Waals surface area (Å²) in [6.07, 6.45) is 6.59. The number of unbranched alkanes of at least 4 members (excludes halogenated alkanes) is 1. The largest absolute Gasteiger partial charge is 0.454 e. The average molecular weight is 444 g/mol. The molecule has 1 amide bonds. The first kappa shape index (κ1) is 22.1. The summed E-state index contributed by atoms with van der Waals surface area (Å²) in [5.41, 5.74) is 2.91. The fourth-order valence-corrected chi connectivity index (χ4v) is 3.31. The topological polar surface area (TPSA) is 86.4 Å². The van der Waals surface area contributed by atoms with Crippen LogP contribution in [0.5, 0.6) is 0 Å². The van der Waals surface area contributed by atoms with Gasteiger partial charge in [0.15, 0.2) is 12.4 Å². The van der Waals surface area contributed by atoms with E-state index in [1.165, 1.54) is 6.08 Å². The van der Waals surface area contributed by atoms with Gasteiger partial charge in [0.1, 0.15) is 11.3 Å². The van der Waals surface area contributed by atoms with Gasteiger partial charge in [-0.25, -0.2) is 9.48 Å². The zero-order valence-corrected chi connectivity index (χ0v) is 18.4. The molecule has 0 aliphatic carbocycles. The quantitative estimate of drug-likeness (QED) is 0.229. The smallest absolute Gasteiger partial charge is 0.331 e. The Morgan fingerprint density at radius 3 is 2.70 bits per heavy atom. The maximum absolute atomic E-state index is 12.2. The minimum Gasteiger partial charge on any atom is -0.454 e. The number of ether oxygens (including phenoxy) is 1. The standard InChI is InChI=1S/C26H25N3O4/c1-2-3-15-27-24(30)18-32-25(31)14-13-20-17-29(21-10-5-4-6-11-21)28-26(20)23-16-19-9-7-8-12-22(19)33-23/h4-14,16-17H,2-3,15,18H2,1H3,(H,27,30). The molecule has 2 heterocycles. The minimum absolute atomic E-state index is 0.313. The summed E-state index contributed by atoms with van der Waals surface area (Å²) in [4.78, 5) is 23.9. The number of esters is 1. The highest BCUT2D eigenvalue weighted by atomic mass is 16.5. The third-order valence-corrected chi connectivity index (χ3v) is 5.02. The van der Waals surface area contributed by atoms with Gasteiger partial charge in [0.05, 0.1) is 5.69 Å². The predicted molar refractivity (Wildman–Crippen MR) is 127 cm³/mol. The molecule has 7 nitrogen and oxygen atoms in total. The van der Waals surface area contributed by atoms with E-state index < -0.39 is 5.97 Å². The minimum atomic E-state index is -0.608. The summed E-state index contributed by atoms with van der Waals surface area (Å²) in [7, 11) is 0. The first-order chi connectivity index (χ1) is 16.1. The molecule has 2 aromatic carbocycles. The van der Waals surface area contributed by atoms with E-state index in [2.05, 4.69) is 5.32 Å². The Balaban J connectivity index is 1.55. The first-order valence-corrected chi connectivity index (χ1v) is 10.9. The van der Waals surface area contributed by atoms with Gasteiger partial charge in [0.2, 0.25) is 0 Å². The van der Waals surface area contributed by atoms with Gasteiger partial charge in [-0.15, -0.1) is 0 Å². The number of rotatable bonds is 9. The predicted octanol–water partition coefficient (Wildman–Crippen LogP) is 4.76. The molecular formula is C26H25N3O4. The van der Waals surface area contributed by atoms with E-state index >= 15 is 0 Å². The highest BCUT2D eigenvalue weighted by molar-refractivity contribution is 5.91. The van der Waals surface area contributed by atoms with Crippen molar-refractivity contribution in [3.8, 4) is 17.1 Å². The summed E-state index contributed by atoms with van der Waals surface area (Å²) in [6.45, 7) is 2.30. The van der Waals surface area contributed by atoms with E-state index in [0.29, 0.717) is 23.6 Å². The van der Waals surface area contributed by atoms with Gasteiger partial charge in [0, 0.05) is 29.8 Å². The number of nitrogens with zero attached hydrogens (tertiary/aromatic N) is 2. The van der Waals surface area contributed by atoms with E-state index in [9.17, 15) is 9.59 Å². The number of aromatic nitrogens is 2. The van der Waals surface area contributed by atoms with Crippen LogP contribution in [0.15, 0.2) is 77.4 Å². The number of hydrogen-bond acceptors (Lipinski definition) is 5. The third-order valence-electron chi connectivity index (χ3n) is 5.02. The van der Waals surface area contributed by atoms with Crippen LogP contribution in [0.3, 0.4) is 0 Å². The van der Waals surface area contributed by atoms with Crippen LogP contribution in [0.2, 0.25) is 0 Å². The average Bonchev–Trinajstić information content (AvgIpc) is 3.46. The summed E-state index contributed by atoms with van der Waals surface area (Å²) in [5, 5.41) is 8.37. The highest BCUT2D eigenvalue weighted by Gasteiger charge is 2.15. The van der Waals surface area contributed by atoms with Crippen LogP contribution in [0.25, 0.3) is 34.2 Å². The number of fused-ring (bicyclic) bond motifs is 1. The highest BCUT2D eigenvalue weighted by Crippen LogP contribution is 2.30. The molecule has 1 N–H and O–H groups in total. The van der Waals surface area contributed by atoms with Crippen molar-refractivity contribution in [3.63, 3.8) is 0 Å². The number of furan rings is 1. The summed E-state index contributed by atoms with van der Waals surface area (Å²) in [6, 6.07) is 19.3. The molecule has 4 rings (SSSR count). The van der Waals surface area contributed by atoms with E-state index in [-0.39, 0.29) is 12.5 Å². The number of carbonyl (C=O) groups is 2. The molecule has 0 fully saturated rings. The van der Waals surface area contributed by atoms with Gasteiger partial charge in [0.25, 0.3) is 5.91 Å². The van der Waals surface area contributed by atoms with Crippen LogP contribution >= 0.6 is 0 Å². The molecule has 168 valence electrons.